The average molecular weight is 243 g/mol. The molecule has 5 nitrogen and oxygen atoms in total. The maximum atomic E-state index is 9.38. The molecule has 0 fully saturated rings. The number of aromatic nitrogens is 2. The largest absolute Gasteiger partial charge is 0.472 e. The summed E-state index contributed by atoms with van der Waals surface area (Å²) in [6.07, 6.45) is 3.31. The van der Waals surface area contributed by atoms with Crippen LogP contribution in [0.4, 0.5) is 5.69 Å². The molecule has 0 unspecified atom stereocenters. The van der Waals surface area contributed by atoms with Crippen molar-refractivity contribution in [3.05, 3.63) is 48.2 Å². The molecule has 3 aromatic rings. The Bertz CT molecular complexity index is 671. The number of hydrogen-bond acceptors (Lipinski definition) is 4. The molecule has 92 valence electrons. The van der Waals surface area contributed by atoms with Gasteiger partial charge in [-0.2, -0.15) is 0 Å². The highest BCUT2D eigenvalue weighted by Gasteiger charge is 2.10. The smallest absolute Gasteiger partial charge is 0.136 e. The Morgan fingerprint density at radius 1 is 1.33 bits per heavy atom. The first-order valence-electron chi connectivity index (χ1n) is 5.64. The van der Waals surface area contributed by atoms with Crippen molar-refractivity contribution in [3.63, 3.8) is 0 Å². The highest BCUT2D eigenvalue weighted by Crippen LogP contribution is 2.20. The molecule has 5 heteroatoms. The Kier molecular flexibility index (Phi) is 2.53. The van der Waals surface area contributed by atoms with Gasteiger partial charge in [-0.1, -0.05) is 0 Å². The summed E-state index contributed by atoms with van der Waals surface area (Å²) >= 11 is 0. The predicted octanol–water partition coefficient (Wildman–Crippen LogP) is 1.75. The summed E-state index contributed by atoms with van der Waals surface area (Å²) in [4.78, 5) is 4.37. The van der Waals surface area contributed by atoms with Gasteiger partial charge >= 0.3 is 0 Å². The average Bonchev–Trinajstić information content (AvgIpc) is 2.97. The number of benzene rings is 1. The van der Waals surface area contributed by atoms with Crippen molar-refractivity contribution in [2.24, 2.45) is 0 Å². The molecule has 2 aromatic heterocycles. The molecular formula is C13H13N3O2. The highest BCUT2D eigenvalue weighted by molar-refractivity contribution is 5.79. The molecule has 0 bridgehead atoms. The van der Waals surface area contributed by atoms with Gasteiger partial charge in [-0.05, 0) is 24.3 Å². The molecule has 0 aliphatic carbocycles. The third-order valence-corrected chi connectivity index (χ3v) is 2.91. The van der Waals surface area contributed by atoms with Gasteiger partial charge in [-0.15, -0.1) is 0 Å². The second-order valence-corrected chi connectivity index (χ2v) is 4.15. The molecule has 0 spiro atoms. The Balaban J connectivity index is 2.13. The van der Waals surface area contributed by atoms with Crippen LogP contribution in [0.2, 0.25) is 0 Å². The molecule has 0 atom stereocenters. The molecule has 3 rings (SSSR count). The highest BCUT2D eigenvalue weighted by atomic mass is 16.3. The van der Waals surface area contributed by atoms with Crippen molar-refractivity contribution in [1.82, 2.24) is 9.55 Å². The molecule has 2 heterocycles. The van der Waals surface area contributed by atoms with Gasteiger partial charge in [0.1, 0.15) is 12.4 Å². The minimum atomic E-state index is -0.105. The number of nitrogen functional groups attached to an aromatic ring is 1. The Labute approximate surface area is 103 Å². The molecule has 1 aromatic carbocycles. The van der Waals surface area contributed by atoms with E-state index < -0.39 is 0 Å². The fourth-order valence-corrected chi connectivity index (χ4v) is 2.06. The topological polar surface area (TPSA) is 77.2 Å². The summed E-state index contributed by atoms with van der Waals surface area (Å²) in [7, 11) is 0. The van der Waals surface area contributed by atoms with E-state index in [0.29, 0.717) is 18.1 Å². The van der Waals surface area contributed by atoms with Crippen LogP contribution >= 0.6 is 0 Å². The maximum Gasteiger partial charge on any atom is 0.136 e. The second kappa shape index (κ2) is 4.19. The summed E-state index contributed by atoms with van der Waals surface area (Å²) in [6.45, 7) is 0.513. The Hall–Kier alpha value is -2.27. The summed E-state index contributed by atoms with van der Waals surface area (Å²) in [5, 5.41) is 9.38. The summed E-state index contributed by atoms with van der Waals surface area (Å²) < 4.78 is 7.01. The van der Waals surface area contributed by atoms with E-state index in [4.69, 9.17) is 10.2 Å². The molecular weight excluding hydrogens is 230 g/mol. The number of anilines is 1. The zero-order valence-corrected chi connectivity index (χ0v) is 9.71. The van der Waals surface area contributed by atoms with E-state index in [2.05, 4.69) is 4.98 Å². The van der Waals surface area contributed by atoms with Gasteiger partial charge in [0, 0.05) is 11.3 Å². The van der Waals surface area contributed by atoms with E-state index in [1.807, 2.05) is 22.8 Å². The third kappa shape index (κ3) is 1.74. The molecule has 0 aliphatic rings. The van der Waals surface area contributed by atoms with Gasteiger partial charge in [0.05, 0.1) is 30.1 Å². The summed E-state index contributed by atoms with van der Waals surface area (Å²) in [5.41, 5.74) is 9.18. The Morgan fingerprint density at radius 3 is 2.94 bits per heavy atom. The van der Waals surface area contributed by atoms with E-state index in [9.17, 15) is 5.11 Å². The number of aliphatic hydroxyl groups excluding tert-OH is 1. The van der Waals surface area contributed by atoms with Crippen LogP contribution in [0.25, 0.3) is 11.0 Å². The van der Waals surface area contributed by atoms with Crippen LogP contribution in [0, 0.1) is 0 Å². The van der Waals surface area contributed by atoms with E-state index in [1.165, 1.54) is 0 Å². The third-order valence-electron chi connectivity index (χ3n) is 2.91. The standard InChI is InChI=1S/C13H13N3O2/c14-10-1-2-12-11(5-10)15-13(7-17)16(12)6-9-3-4-18-8-9/h1-5,8,17H,6-7,14H2. The number of hydrogen-bond donors (Lipinski definition) is 2. The lowest BCUT2D eigenvalue weighted by molar-refractivity contribution is 0.267. The van der Waals surface area contributed by atoms with Gasteiger partial charge in [-0.25, -0.2) is 4.98 Å². The van der Waals surface area contributed by atoms with Crippen LogP contribution in [0.3, 0.4) is 0 Å². The van der Waals surface area contributed by atoms with Crippen LogP contribution in [-0.4, -0.2) is 14.7 Å². The van der Waals surface area contributed by atoms with Crippen molar-refractivity contribution in [2.45, 2.75) is 13.2 Å². The second-order valence-electron chi connectivity index (χ2n) is 4.15. The molecule has 0 saturated carbocycles. The maximum absolute atomic E-state index is 9.38. The lowest BCUT2D eigenvalue weighted by Gasteiger charge is -2.05. The van der Waals surface area contributed by atoms with Gasteiger partial charge < -0.3 is 19.8 Å². The van der Waals surface area contributed by atoms with E-state index in [1.54, 1.807) is 18.6 Å². The van der Waals surface area contributed by atoms with Gasteiger partial charge in [0.15, 0.2) is 0 Å². The van der Waals surface area contributed by atoms with Crippen molar-refractivity contribution in [3.8, 4) is 0 Å². The number of aliphatic hydroxyl groups is 1. The van der Waals surface area contributed by atoms with Crippen LogP contribution in [0.5, 0.6) is 0 Å². The van der Waals surface area contributed by atoms with Gasteiger partial charge in [0.2, 0.25) is 0 Å². The fraction of sp³-hybridized carbons (Fsp3) is 0.154. The number of furan rings is 1. The normalized spacial score (nSPS) is 11.2. The van der Waals surface area contributed by atoms with E-state index in [-0.39, 0.29) is 6.61 Å². The lowest BCUT2D eigenvalue weighted by Crippen LogP contribution is -2.04. The lowest BCUT2D eigenvalue weighted by atomic mass is 10.2. The first-order valence-corrected chi connectivity index (χ1v) is 5.64. The monoisotopic (exact) mass is 243 g/mol. The fourth-order valence-electron chi connectivity index (χ4n) is 2.06. The molecule has 0 amide bonds. The van der Waals surface area contributed by atoms with Crippen molar-refractivity contribution in [1.29, 1.82) is 0 Å². The number of nitrogens with zero attached hydrogens (tertiary/aromatic N) is 2. The number of rotatable bonds is 3. The van der Waals surface area contributed by atoms with E-state index in [0.717, 1.165) is 16.6 Å². The quantitative estimate of drug-likeness (QED) is 0.687. The molecule has 0 aliphatic heterocycles. The number of nitrogens with two attached hydrogens (primary N) is 1. The van der Waals surface area contributed by atoms with Crippen molar-refractivity contribution >= 4 is 16.7 Å². The van der Waals surface area contributed by atoms with Gasteiger partial charge in [-0.3, -0.25) is 0 Å². The zero-order chi connectivity index (χ0) is 12.5. The minimum Gasteiger partial charge on any atom is -0.472 e. The molecule has 3 N–H and O–H groups in total. The van der Waals surface area contributed by atoms with Crippen LogP contribution in [-0.2, 0) is 13.2 Å². The first kappa shape index (κ1) is 10.9. The van der Waals surface area contributed by atoms with Crippen molar-refractivity contribution in [2.75, 3.05) is 5.73 Å². The number of fused-ring (bicyclic) bond motifs is 1. The van der Waals surface area contributed by atoms with Crippen LogP contribution in [0.15, 0.2) is 41.2 Å². The molecule has 18 heavy (non-hydrogen) atoms. The predicted molar refractivity (Wildman–Crippen MR) is 67.9 cm³/mol. The zero-order valence-electron chi connectivity index (χ0n) is 9.71. The first-order chi connectivity index (χ1) is 8.78. The van der Waals surface area contributed by atoms with E-state index >= 15 is 0 Å². The SMILES string of the molecule is Nc1ccc2c(c1)nc(CO)n2Cc1ccoc1. The summed E-state index contributed by atoms with van der Waals surface area (Å²) in [6, 6.07) is 7.44. The Morgan fingerprint density at radius 2 is 2.22 bits per heavy atom. The number of imidazole rings is 1. The van der Waals surface area contributed by atoms with Crippen LogP contribution in [0.1, 0.15) is 11.4 Å². The summed E-state index contributed by atoms with van der Waals surface area (Å²) in [5.74, 6) is 0.622. The molecule has 0 saturated heterocycles. The minimum absolute atomic E-state index is 0.105. The van der Waals surface area contributed by atoms with Crippen LogP contribution < -0.4 is 5.73 Å². The van der Waals surface area contributed by atoms with Gasteiger partial charge in [0.25, 0.3) is 0 Å². The van der Waals surface area contributed by atoms with Crippen molar-refractivity contribution < 1.29 is 9.52 Å². The molecule has 0 radical (unpaired) electrons.